The number of phenols is 1. The van der Waals surface area contributed by atoms with Gasteiger partial charge in [-0.05, 0) is 28.9 Å². The summed E-state index contributed by atoms with van der Waals surface area (Å²) in [7, 11) is 0. The number of phenolic OH excluding ortho intramolecular Hbond substituents is 1. The first-order chi connectivity index (χ1) is 13.8. The van der Waals surface area contributed by atoms with Crippen LogP contribution in [0.25, 0.3) is 0 Å². The molecule has 0 saturated heterocycles. The molecule has 31 heavy (non-hydrogen) atoms. The second-order valence-electron chi connectivity index (χ2n) is 10.4. The van der Waals surface area contributed by atoms with Crippen LogP contribution in [0, 0.1) is 11.3 Å². The van der Waals surface area contributed by atoms with E-state index in [9.17, 15) is 9.90 Å². The third-order valence-corrected chi connectivity index (χ3v) is 5.94. The number of aromatic nitrogens is 2. The zero-order chi connectivity index (χ0) is 22.9. The number of carbonyl (C=O) groups excluding carboxylic acids is 1. The van der Waals surface area contributed by atoms with Crippen molar-refractivity contribution in [3.63, 3.8) is 0 Å². The molecule has 0 aliphatic rings. The lowest BCUT2D eigenvalue weighted by Gasteiger charge is -2.28. The van der Waals surface area contributed by atoms with E-state index in [2.05, 4.69) is 13.8 Å². The largest absolute Gasteiger partial charge is 0.507 e. The Morgan fingerprint density at radius 1 is 0.968 bits per heavy atom. The minimum Gasteiger partial charge on any atom is -0.507 e. The topological polar surface area (TPSA) is 71.0 Å². The minimum atomic E-state index is -0.285. The lowest BCUT2D eigenvalue weighted by molar-refractivity contribution is 0.0969. The molecule has 174 valence electrons. The first-order valence-electron chi connectivity index (χ1n) is 11.0. The summed E-state index contributed by atoms with van der Waals surface area (Å²) in [5.41, 5.74) is 1.92. The van der Waals surface area contributed by atoms with Gasteiger partial charge in [0.1, 0.15) is 5.75 Å². The fourth-order valence-electron chi connectivity index (χ4n) is 3.75. The highest BCUT2D eigenvalue weighted by molar-refractivity contribution is 8.93. The van der Waals surface area contributed by atoms with Gasteiger partial charge in [-0.2, -0.15) is 0 Å². The molecule has 0 aliphatic heterocycles. The molecule has 1 aromatic heterocycles. The highest BCUT2D eigenvalue weighted by atomic mass is 79.9. The van der Waals surface area contributed by atoms with E-state index in [-0.39, 0.29) is 45.9 Å². The van der Waals surface area contributed by atoms with E-state index in [1.54, 1.807) is 4.57 Å². The Morgan fingerprint density at radius 2 is 1.42 bits per heavy atom. The fourth-order valence-corrected chi connectivity index (χ4v) is 3.75. The predicted octanol–water partition coefficient (Wildman–Crippen LogP) is 5.97. The average Bonchev–Trinajstić information content (AvgIpc) is 2.97. The molecule has 1 aromatic carbocycles. The Morgan fingerprint density at radius 3 is 1.84 bits per heavy atom. The third-order valence-electron chi connectivity index (χ3n) is 5.94. The molecule has 2 N–H and O–H groups in total. The number of hydrogen-bond acceptors (Lipinski definition) is 3. The number of carbonyl (C=O) groups is 1. The second-order valence-corrected chi connectivity index (χ2v) is 10.4. The van der Waals surface area contributed by atoms with Gasteiger partial charge in [-0.3, -0.25) is 10.2 Å². The summed E-state index contributed by atoms with van der Waals surface area (Å²) in [5, 5.41) is 19.4. The number of benzene rings is 1. The van der Waals surface area contributed by atoms with Crippen molar-refractivity contribution in [3.05, 3.63) is 46.8 Å². The molecule has 0 unspecified atom stereocenters. The smallest absolute Gasteiger partial charge is 0.202 e. The molecule has 0 bridgehead atoms. The van der Waals surface area contributed by atoms with Crippen LogP contribution in [0.3, 0.4) is 0 Å². The van der Waals surface area contributed by atoms with Gasteiger partial charge < -0.3 is 14.2 Å². The summed E-state index contributed by atoms with van der Waals surface area (Å²) in [4.78, 5) is 13.2. The number of nitrogens with one attached hydrogen (secondary N) is 1. The summed E-state index contributed by atoms with van der Waals surface area (Å²) >= 11 is 0. The van der Waals surface area contributed by atoms with Crippen LogP contribution in [0.15, 0.2) is 24.5 Å². The summed E-state index contributed by atoms with van der Waals surface area (Å²) in [6.45, 7) is 17.5. The number of imidazole rings is 1. The molecule has 2 aromatic rings. The van der Waals surface area contributed by atoms with Gasteiger partial charge >= 0.3 is 0 Å². The van der Waals surface area contributed by atoms with Crippen LogP contribution in [0.4, 0.5) is 0 Å². The summed E-state index contributed by atoms with van der Waals surface area (Å²) in [6, 6.07) is 3.64. The van der Waals surface area contributed by atoms with Gasteiger partial charge in [-0.15, -0.1) is 17.0 Å². The van der Waals surface area contributed by atoms with Gasteiger partial charge in [-0.25, -0.2) is 0 Å². The molecule has 0 atom stereocenters. The standard InChI is InChI=1S/C25H39N3O2.BrH/c1-9-17(10-2)15-27-11-12-28(23(27)26)16-21(29)18-13-19(24(3,4)5)22(30)20(14-18)25(6,7)8;/h11-14,17,26,30H,9-10,15-16H2,1-8H3;1H. The summed E-state index contributed by atoms with van der Waals surface area (Å²) in [6.07, 6.45) is 5.86. The van der Waals surface area contributed by atoms with Crippen molar-refractivity contribution >= 4 is 22.8 Å². The molecule has 2 rings (SSSR count). The highest BCUT2D eigenvalue weighted by Gasteiger charge is 2.28. The Kier molecular flexibility index (Phi) is 8.95. The Bertz CT molecular complexity index is 919. The maximum Gasteiger partial charge on any atom is 0.202 e. The van der Waals surface area contributed by atoms with Gasteiger partial charge in [-0.1, -0.05) is 68.2 Å². The molecule has 0 radical (unpaired) electrons. The minimum absolute atomic E-state index is 0. The van der Waals surface area contributed by atoms with E-state index in [0.717, 1.165) is 30.5 Å². The van der Waals surface area contributed by atoms with Crippen molar-refractivity contribution < 1.29 is 9.90 Å². The molecule has 1 heterocycles. The van der Waals surface area contributed by atoms with Gasteiger partial charge in [0.25, 0.3) is 0 Å². The van der Waals surface area contributed by atoms with E-state index in [1.807, 2.05) is 70.6 Å². The SMILES string of the molecule is Br.CCC(CC)Cn1ccn(CC(=O)c2cc(C(C)(C)C)c(O)c(C(C)(C)C)c2)c1=N. The number of Topliss-reactive ketones (excluding diaryl/α,β-unsaturated/α-hetero) is 1. The molecule has 6 heteroatoms. The van der Waals surface area contributed by atoms with Crippen LogP contribution < -0.4 is 5.62 Å². The Labute approximate surface area is 197 Å². The number of halogens is 1. The van der Waals surface area contributed by atoms with Crippen molar-refractivity contribution in [3.8, 4) is 5.75 Å². The Balaban J connectivity index is 0.00000480. The van der Waals surface area contributed by atoms with Crippen LogP contribution >= 0.6 is 17.0 Å². The molecule has 0 aliphatic carbocycles. The Hall–Kier alpha value is -1.82. The summed E-state index contributed by atoms with van der Waals surface area (Å²) in [5.74, 6) is 0.757. The van der Waals surface area contributed by atoms with Crippen molar-refractivity contribution in [1.29, 1.82) is 5.41 Å². The van der Waals surface area contributed by atoms with Crippen molar-refractivity contribution in [2.75, 3.05) is 0 Å². The van der Waals surface area contributed by atoms with Crippen molar-refractivity contribution in [1.82, 2.24) is 9.13 Å². The number of nitrogens with zero attached hydrogens (tertiary/aromatic N) is 2. The molecular formula is C25H40BrN3O2. The summed E-state index contributed by atoms with van der Waals surface area (Å²) < 4.78 is 3.62. The normalized spacial score (nSPS) is 12.2. The van der Waals surface area contributed by atoms with E-state index < -0.39 is 0 Å². The zero-order valence-corrected chi connectivity index (χ0v) is 22.1. The first kappa shape index (κ1) is 27.2. The van der Waals surface area contributed by atoms with E-state index >= 15 is 0 Å². The monoisotopic (exact) mass is 493 g/mol. The maximum atomic E-state index is 13.2. The number of rotatable bonds is 7. The van der Waals surface area contributed by atoms with E-state index in [0.29, 0.717) is 17.1 Å². The first-order valence-corrected chi connectivity index (χ1v) is 11.0. The lowest BCUT2D eigenvalue weighted by atomic mass is 9.78. The van der Waals surface area contributed by atoms with Crippen molar-refractivity contribution in [2.24, 2.45) is 5.92 Å². The van der Waals surface area contributed by atoms with Crippen molar-refractivity contribution in [2.45, 2.75) is 92.2 Å². The van der Waals surface area contributed by atoms with Crippen LogP contribution in [0.2, 0.25) is 0 Å². The molecule has 0 amide bonds. The third kappa shape index (κ3) is 6.34. The molecular weight excluding hydrogens is 454 g/mol. The van der Waals surface area contributed by atoms with Crippen LogP contribution in [0.1, 0.15) is 89.7 Å². The van der Waals surface area contributed by atoms with Gasteiger partial charge in [0.15, 0.2) is 5.78 Å². The second kappa shape index (κ2) is 10.2. The molecule has 0 fully saturated rings. The van der Waals surface area contributed by atoms with Crippen LogP contribution in [-0.4, -0.2) is 20.0 Å². The lowest BCUT2D eigenvalue weighted by Crippen LogP contribution is -2.29. The number of aromatic hydroxyl groups is 1. The number of ketones is 1. The maximum absolute atomic E-state index is 13.2. The molecule has 0 spiro atoms. The fraction of sp³-hybridized carbons (Fsp3) is 0.600. The van der Waals surface area contributed by atoms with E-state index in [1.165, 1.54) is 0 Å². The highest BCUT2D eigenvalue weighted by Crippen LogP contribution is 2.39. The van der Waals surface area contributed by atoms with Gasteiger partial charge in [0.2, 0.25) is 5.62 Å². The van der Waals surface area contributed by atoms with Gasteiger partial charge in [0, 0.05) is 35.6 Å². The molecule has 5 nitrogen and oxygen atoms in total. The van der Waals surface area contributed by atoms with Crippen LogP contribution in [0.5, 0.6) is 5.75 Å². The number of hydrogen-bond donors (Lipinski definition) is 2. The molecule has 0 saturated carbocycles. The quantitative estimate of drug-likeness (QED) is 0.466. The average molecular weight is 495 g/mol. The van der Waals surface area contributed by atoms with Crippen LogP contribution in [-0.2, 0) is 23.9 Å². The van der Waals surface area contributed by atoms with Gasteiger partial charge in [0.05, 0.1) is 6.54 Å². The zero-order valence-electron chi connectivity index (χ0n) is 20.4. The predicted molar refractivity (Wildman–Crippen MR) is 133 cm³/mol. The van der Waals surface area contributed by atoms with E-state index in [4.69, 9.17) is 5.41 Å².